The average Bonchev–Trinajstić information content (AvgIpc) is 2.25. The van der Waals surface area contributed by atoms with Crippen molar-refractivity contribution in [1.29, 1.82) is 0 Å². The van der Waals surface area contributed by atoms with Crippen molar-refractivity contribution in [2.75, 3.05) is 0 Å². The van der Waals surface area contributed by atoms with Gasteiger partial charge in [0.25, 0.3) is 0 Å². The molecule has 3 heteroatoms. The molecule has 1 aromatic carbocycles. The van der Waals surface area contributed by atoms with Gasteiger partial charge in [-0.3, -0.25) is 0 Å². The van der Waals surface area contributed by atoms with E-state index in [4.69, 9.17) is 0 Å². The maximum absolute atomic E-state index is 12.4. The first-order chi connectivity index (χ1) is 7.77. The van der Waals surface area contributed by atoms with Gasteiger partial charge >= 0.3 is 6.18 Å². The van der Waals surface area contributed by atoms with E-state index in [1.165, 1.54) is 12.1 Å². The molecule has 0 saturated carbocycles. The topological polar surface area (TPSA) is 0 Å². The normalized spacial score (nSPS) is 12.8. The Hall–Kier alpha value is -0.990. The van der Waals surface area contributed by atoms with Crippen LogP contribution in [0.4, 0.5) is 13.2 Å². The Morgan fingerprint density at radius 3 is 1.82 bits per heavy atom. The zero-order chi connectivity index (χ0) is 13.1. The third kappa shape index (κ3) is 3.76. The van der Waals surface area contributed by atoms with E-state index in [-0.39, 0.29) is 5.41 Å². The molecular formula is C14H19F3. The molecule has 0 aliphatic carbocycles. The van der Waals surface area contributed by atoms with Crippen molar-refractivity contribution in [1.82, 2.24) is 0 Å². The summed E-state index contributed by atoms with van der Waals surface area (Å²) < 4.78 is 37.3. The Labute approximate surface area is 101 Å². The standard InChI is InChI=1S/C14H19F3/c1-4-5-10-13(2,3)11-6-8-12(9-7-11)14(15,16)17/h6-9H,4-5,10H2,1-3H3. The zero-order valence-corrected chi connectivity index (χ0v) is 10.6. The third-order valence-electron chi connectivity index (χ3n) is 3.15. The minimum absolute atomic E-state index is 0.0554. The average molecular weight is 244 g/mol. The molecule has 0 radical (unpaired) electrons. The van der Waals surface area contributed by atoms with Gasteiger partial charge in [0.05, 0.1) is 5.56 Å². The molecule has 1 rings (SSSR count). The van der Waals surface area contributed by atoms with Gasteiger partial charge in [0.1, 0.15) is 0 Å². The first kappa shape index (κ1) is 14.1. The quantitative estimate of drug-likeness (QED) is 0.685. The van der Waals surface area contributed by atoms with Crippen molar-refractivity contribution >= 4 is 0 Å². The maximum Gasteiger partial charge on any atom is 0.416 e. The van der Waals surface area contributed by atoms with Gasteiger partial charge in [-0.05, 0) is 29.5 Å². The molecule has 0 aliphatic rings. The molecule has 0 saturated heterocycles. The van der Waals surface area contributed by atoms with Gasteiger partial charge in [-0.1, -0.05) is 45.7 Å². The summed E-state index contributed by atoms with van der Waals surface area (Å²) in [6.07, 6.45) is -1.06. The van der Waals surface area contributed by atoms with Crippen LogP contribution in [0.5, 0.6) is 0 Å². The summed E-state index contributed by atoms with van der Waals surface area (Å²) in [5, 5.41) is 0. The van der Waals surface area contributed by atoms with Crippen molar-refractivity contribution in [2.24, 2.45) is 0 Å². The van der Waals surface area contributed by atoms with E-state index >= 15 is 0 Å². The van der Waals surface area contributed by atoms with Crippen molar-refractivity contribution < 1.29 is 13.2 Å². The lowest BCUT2D eigenvalue weighted by atomic mass is 9.80. The zero-order valence-electron chi connectivity index (χ0n) is 10.6. The van der Waals surface area contributed by atoms with E-state index < -0.39 is 11.7 Å². The van der Waals surface area contributed by atoms with E-state index in [0.29, 0.717) is 0 Å². The third-order valence-corrected chi connectivity index (χ3v) is 3.15. The highest BCUT2D eigenvalue weighted by Gasteiger charge is 2.30. The number of unbranched alkanes of at least 4 members (excludes halogenated alkanes) is 1. The van der Waals surface area contributed by atoms with Gasteiger partial charge in [0.15, 0.2) is 0 Å². The van der Waals surface area contributed by atoms with E-state index in [0.717, 1.165) is 24.8 Å². The van der Waals surface area contributed by atoms with Crippen LogP contribution in [0, 0.1) is 0 Å². The molecule has 0 bridgehead atoms. The lowest BCUT2D eigenvalue weighted by Crippen LogP contribution is -2.17. The summed E-state index contributed by atoms with van der Waals surface area (Å²) in [5.74, 6) is 0. The molecule has 0 nitrogen and oxygen atoms in total. The van der Waals surface area contributed by atoms with Crippen molar-refractivity contribution in [3.8, 4) is 0 Å². The molecule has 17 heavy (non-hydrogen) atoms. The molecule has 0 amide bonds. The van der Waals surface area contributed by atoms with Crippen LogP contribution < -0.4 is 0 Å². The van der Waals surface area contributed by atoms with Gasteiger partial charge in [0.2, 0.25) is 0 Å². The molecular weight excluding hydrogens is 225 g/mol. The van der Waals surface area contributed by atoms with Crippen LogP contribution in [-0.2, 0) is 11.6 Å². The first-order valence-corrected chi connectivity index (χ1v) is 5.95. The van der Waals surface area contributed by atoms with Gasteiger partial charge in [-0.25, -0.2) is 0 Å². The largest absolute Gasteiger partial charge is 0.416 e. The molecule has 0 N–H and O–H groups in total. The highest BCUT2D eigenvalue weighted by molar-refractivity contribution is 5.29. The van der Waals surface area contributed by atoms with Gasteiger partial charge in [-0.15, -0.1) is 0 Å². The predicted octanol–water partition coefficient (Wildman–Crippen LogP) is 5.17. The Morgan fingerprint density at radius 2 is 1.41 bits per heavy atom. The minimum Gasteiger partial charge on any atom is -0.166 e. The number of benzene rings is 1. The fraction of sp³-hybridized carbons (Fsp3) is 0.571. The summed E-state index contributed by atoms with van der Waals surface area (Å²) in [7, 11) is 0. The molecule has 0 unspecified atom stereocenters. The van der Waals surface area contributed by atoms with Crippen LogP contribution in [0.1, 0.15) is 51.2 Å². The molecule has 0 spiro atoms. The van der Waals surface area contributed by atoms with Crippen molar-refractivity contribution in [3.05, 3.63) is 35.4 Å². The summed E-state index contributed by atoms with van der Waals surface area (Å²) >= 11 is 0. The Kier molecular flexibility index (Phi) is 4.23. The monoisotopic (exact) mass is 244 g/mol. The van der Waals surface area contributed by atoms with Crippen LogP contribution in [-0.4, -0.2) is 0 Å². The molecule has 0 aromatic heterocycles. The number of halogens is 3. The minimum atomic E-state index is -4.24. The van der Waals surface area contributed by atoms with E-state index in [1.54, 1.807) is 12.1 Å². The van der Waals surface area contributed by atoms with Gasteiger partial charge < -0.3 is 0 Å². The molecule has 0 atom stereocenters. The first-order valence-electron chi connectivity index (χ1n) is 5.95. The van der Waals surface area contributed by atoms with Crippen LogP contribution in [0.15, 0.2) is 24.3 Å². The Balaban J connectivity index is 2.87. The molecule has 96 valence electrons. The lowest BCUT2D eigenvalue weighted by molar-refractivity contribution is -0.137. The summed E-state index contributed by atoms with van der Waals surface area (Å²) in [5.41, 5.74) is 0.339. The summed E-state index contributed by atoms with van der Waals surface area (Å²) in [6.45, 7) is 6.26. The molecule has 0 aliphatic heterocycles. The number of alkyl halides is 3. The SMILES string of the molecule is CCCCC(C)(C)c1ccc(C(F)(F)F)cc1. The predicted molar refractivity (Wildman–Crippen MR) is 64.0 cm³/mol. The highest BCUT2D eigenvalue weighted by Crippen LogP contribution is 2.33. The van der Waals surface area contributed by atoms with Crippen LogP contribution in [0.3, 0.4) is 0 Å². The van der Waals surface area contributed by atoms with Gasteiger partial charge in [0, 0.05) is 0 Å². The van der Waals surface area contributed by atoms with E-state index in [1.807, 2.05) is 0 Å². The maximum atomic E-state index is 12.4. The fourth-order valence-corrected chi connectivity index (χ4v) is 1.87. The smallest absolute Gasteiger partial charge is 0.166 e. The molecule has 0 fully saturated rings. The Bertz CT molecular complexity index is 347. The van der Waals surface area contributed by atoms with Crippen LogP contribution in [0.2, 0.25) is 0 Å². The second-order valence-corrected chi connectivity index (χ2v) is 5.06. The van der Waals surface area contributed by atoms with Gasteiger partial charge in [-0.2, -0.15) is 13.2 Å². The second kappa shape index (κ2) is 5.11. The van der Waals surface area contributed by atoms with Crippen molar-refractivity contribution in [3.63, 3.8) is 0 Å². The molecule has 0 heterocycles. The van der Waals surface area contributed by atoms with Crippen molar-refractivity contribution in [2.45, 2.75) is 51.6 Å². The lowest BCUT2D eigenvalue weighted by Gasteiger charge is -2.25. The fourth-order valence-electron chi connectivity index (χ4n) is 1.87. The van der Waals surface area contributed by atoms with Crippen LogP contribution >= 0.6 is 0 Å². The molecule has 1 aromatic rings. The van der Waals surface area contributed by atoms with E-state index in [9.17, 15) is 13.2 Å². The number of hydrogen-bond donors (Lipinski definition) is 0. The summed E-state index contributed by atoms with van der Waals surface area (Å²) in [6, 6.07) is 5.53. The number of hydrogen-bond acceptors (Lipinski definition) is 0. The highest BCUT2D eigenvalue weighted by atomic mass is 19.4. The van der Waals surface area contributed by atoms with E-state index in [2.05, 4.69) is 20.8 Å². The Morgan fingerprint density at radius 1 is 0.941 bits per heavy atom. The summed E-state index contributed by atoms with van der Waals surface area (Å²) in [4.78, 5) is 0. The second-order valence-electron chi connectivity index (χ2n) is 5.06. The number of rotatable bonds is 4. The van der Waals surface area contributed by atoms with Crippen LogP contribution in [0.25, 0.3) is 0 Å².